The van der Waals surface area contributed by atoms with Gasteiger partial charge in [-0.3, -0.25) is 14.4 Å². The average Bonchev–Trinajstić information content (AvgIpc) is 2.68. The highest BCUT2D eigenvalue weighted by atomic mass is 16.4. The zero-order valence-electron chi connectivity index (χ0n) is 12.6. The van der Waals surface area contributed by atoms with Crippen LogP contribution in [0.15, 0.2) is 0 Å². The number of carbonyl (C=O) groups excluding carboxylic acids is 2. The number of carboxylic acid groups (broad SMARTS) is 1. The van der Waals surface area contributed by atoms with E-state index < -0.39 is 16.8 Å². The SMILES string of the molecule is CC(C)(C)C(=O)NCC(=O)NC1CCCC1(C)C(=O)O. The molecular weight excluding hydrogens is 260 g/mol. The third kappa shape index (κ3) is 3.71. The van der Waals surface area contributed by atoms with Crippen LogP contribution in [-0.4, -0.2) is 35.5 Å². The topological polar surface area (TPSA) is 95.5 Å². The van der Waals surface area contributed by atoms with Gasteiger partial charge in [0.05, 0.1) is 12.0 Å². The van der Waals surface area contributed by atoms with Crippen LogP contribution in [-0.2, 0) is 14.4 Å². The molecule has 20 heavy (non-hydrogen) atoms. The van der Waals surface area contributed by atoms with Crippen LogP contribution in [0.25, 0.3) is 0 Å². The fourth-order valence-corrected chi connectivity index (χ4v) is 2.32. The number of carboxylic acids is 1. The van der Waals surface area contributed by atoms with Crippen LogP contribution >= 0.6 is 0 Å². The lowest BCUT2D eigenvalue weighted by Gasteiger charge is -2.28. The van der Waals surface area contributed by atoms with E-state index in [9.17, 15) is 19.5 Å². The van der Waals surface area contributed by atoms with Gasteiger partial charge in [0.2, 0.25) is 11.8 Å². The Morgan fingerprint density at radius 1 is 1.30 bits per heavy atom. The molecule has 0 saturated heterocycles. The second-order valence-corrected chi connectivity index (χ2v) is 6.67. The molecule has 3 N–H and O–H groups in total. The predicted molar refractivity (Wildman–Crippen MR) is 74.0 cm³/mol. The Balaban J connectivity index is 2.51. The minimum atomic E-state index is -0.913. The highest BCUT2D eigenvalue weighted by Crippen LogP contribution is 2.38. The highest BCUT2D eigenvalue weighted by molar-refractivity contribution is 5.87. The van der Waals surface area contributed by atoms with Crippen molar-refractivity contribution in [2.24, 2.45) is 10.8 Å². The molecule has 1 rings (SSSR count). The molecule has 6 heteroatoms. The van der Waals surface area contributed by atoms with Crippen molar-refractivity contribution in [1.82, 2.24) is 10.6 Å². The number of hydrogen-bond acceptors (Lipinski definition) is 3. The van der Waals surface area contributed by atoms with Crippen LogP contribution in [0.2, 0.25) is 0 Å². The Kier molecular flexibility index (Phi) is 4.78. The molecule has 0 heterocycles. The minimum Gasteiger partial charge on any atom is -0.481 e. The van der Waals surface area contributed by atoms with Gasteiger partial charge in [-0.25, -0.2) is 0 Å². The van der Waals surface area contributed by atoms with Gasteiger partial charge in [0.25, 0.3) is 0 Å². The molecule has 0 aromatic carbocycles. The van der Waals surface area contributed by atoms with E-state index in [0.717, 1.165) is 6.42 Å². The van der Waals surface area contributed by atoms with Gasteiger partial charge in [0.1, 0.15) is 0 Å². The van der Waals surface area contributed by atoms with Crippen molar-refractivity contribution in [3.05, 3.63) is 0 Å². The summed E-state index contributed by atoms with van der Waals surface area (Å²) in [5.74, 6) is -1.44. The summed E-state index contributed by atoms with van der Waals surface area (Å²) in [7, 11) is 0. The van der Waals surface area contributed by atoms with Gasteiger partial charge in [0, 0.05) is 11.5 Å². The van der Waals surface area contributed by atoms with Crippen LogP contribution < -0.4 is 10.6 Å². The third-order valence-electron chi connectivity index (χ3n) is 3.87. The van der Waals surface area contributed by atoms with Gasteiger partial charge in [-0.05, 0) is 19.8 Å². The Morgan fingerprint density at radius 2 is 1.90 bits per heavy atom. The van der Waals surface area contributed by atoms with Gasteiger partial charge < -0.3 is 15.7 Å². The summed E-state index contributed by atoms with van der Waals surface area (Å²) >= 11 is 0. The molecule has 0 aromatic rings. The second-order valence-electron chi connectivity index (χ2n) is 6.67. The average molecular weight is 284 g/mol. The predicted octanol–water partition coefficient (Wildman–Crippen LogP) is 0.908. The summed E-state index contributed by atoms with van der Waals surface area (Å²) in [6.45, 7) is 6.82. The third-order valence-corrected chi connectivity index (χ3v) is 3.87. The summed E-state index contributed by atoms with van der Waals surface area (Å²) in [5.41, 5.74) is -1.47. The lowest BCUT2D eigenvalue weighted by Crippen LogP contribution is -2.50. The molecule has 6 nitrogen and oxygen atoms in total. The van der Waals surface area contributed by atoms with Crippen LogP contribution in [0, 0.1) is 10.8 Å². The molecule has 1 fully saturated rings. The normalized spacial score (nSPS) is 26.1. The van der Waals surface area contributed by atoms with Gasteiger partial charge >= 0.3 is 5.97 Å². The van der Waals surface area contributed by atoms with E-state index in [4.69, 9.17) is 0 Å². The number of nitrogens with one attached hydrogen (secondary N) is 2. The van der Waals surface area contributed by atoms with Gasteiger partial charge in [-0.15, -0.1) is 0 Å². The second kappa shape index (κ2) is 5.81. The number of carbonyl (C=O) groups is 3. The Morgan fingerprint density at radius 3 is 2.40 bits per heavy atom. The Bertz CT molecular complexity index is 414. The van der Waals surface area contributed by atoms with Crippen molar-refractivity contribution in [2.45, 2.75) is 53.0 Å². The maximum absolute atomic E-state index is 11.8. The fraction of sp³-hybridized carbons (Fsp3) is 0.786. The lowest BCUT2D eigenvalue weighted by molar-refractivity contribution is -0.149. The van der Waals surface area contributed by atoms with Crippen molar-refractivity contribution in [2.75, 3.05) is 6.54 Å². The van der Waals surface area contributed by atoms with Crippen molar-refractivity contribution in [3.8, 4) is 0 Å². The van der Waals surface area contributed by atoms with Crippen LogP contribution in [0.3, 0.4) is 0 Å². The molecule has 1 aliphatic carbocycles. The van der Waals surface area contributed by atoms with Crippen molar-refractivity contribution in [1.29, 1.82) is 0 Å². The van der Waals surface area contributed by atoms with Crippen molar-refractivity contribution >= 4 is 17.8 Å². The zero-order chi connectivity index (χ0) is 15.6. The number of amides is 2. The van der Waals surface area contributed by atoms with Crippen LogP contribution in [0.4, 0.5) is 0 Å². The Hall–Kier alpha value is -1.59. The van der Waals surface area contributed by atoms with Gasteiger partial charge in [-0.2, -0.15) is 0 Å². The number of hydrogen-bond donors (Lipinski definition) is 3. The molecule has 2 amide bonds. The van der Waals surface area contributed by atoms with Crippen LogP contribution in [0.5, 0.6) is 0 Å². The smallest absolute Gasteiger partial charge is 0.311 e. The molecule has 1 aliphatic rings. The van der Waals surface area contributed by atoms with Crippen LogP contribution in [0.1, 0.15) is 47.0 Å². The number of aliphatic carboxylic acids is 1. The zero-order valence-corrected chi connectivity index (χ0v) is 12.6. The molecule has 0 radical (unpaired) electrons. The van der Waals surface area contributed by atoms with Crippen molar-refractivity contribution < 1.29 is 19.5 Å². The maximum atomic E-state index is 11.8. The molecule has 114 valence electrons. The van der Waals surface area contributed by atoms with E-state index in [0.29, 0.717) is 12.8 Å². The fourth-order valence-electron chi connectivity index (χ4n) is 2.32. The summed E-state index contributed by atoms with van der Waals surface area (Å²) in [5, 5.41) is 14.5. The summed E-state index contributed by atoms with van der Waals surface area (Å²) in [6.07, 6.45) is 1.99. The molecule has 2 unspecified atom stereocenters. The van der Waals surface area contributed by atoms with E-state index in [1.807, 2.05) is 0 Å². The standard InChI is InChI=1S/C14H24N2O4/c1-13(2,3)11(18)15-8-10(17)16-9-6-5-7-14(9,4)12(19)20/h9H,5-8H2,1-4H3,(H,15,18)(H,16,17)(H,19,20). The Labute approximate surface area is 119 Å². The molecule has 0 bridgehead atoms. The molecular formula is C14H24N2O4. The van der Waals surface area contributed by atoms with Gasteiger partial charge in [-0.1, -0.05) is 27.2 Å². The van der Waals surface area contributed by atoms with Crippen molar-refractivity contribution in [3.63, 3.8) is 0 Å². The molecule has 2 atom stereocenters. The minimum absolute atomic E-state index is 0.123. The summed E-state index contributed by atoms with van der Waals surface area (Å²) < 4.78 is 0. The maximum Gasteiger partial charge on any atom is 0.311 e. The first kappa shape index (κ1) is 16.5. The first-order valence-corrected chi connectivity index (χ1v) is 6.88. The molecule has 0 aromatic heterocycles. The van der Waals surface area contributed by atoms with E-state index in [1.54, 1.807) is 27.7 Å². The first-order chi connectivity index (χ1) is 9.07. The molecule has 0 spiro atoms. The molecule has 1 saturated carbocycles. The number of rotatable bonds is 4. The van der Waals surface area contributed by atoms with Gasteiger partial charge in [0.15, 0.2) is 0 Å². The van der Waals surface area contributed by atoms with E-state index in [1.165, 1.54) is 0 Å². The van der Waals surface area contributed by atoms with E-state index in [-0.39, 0.29) is 24.4 Å². The molecule has 0 aliphatic heterocycles. The largest absolute Gasteiger partial charge is 0.481 e. The summed E-state index contributed by atoms with van der Waals surface area (Å²) in [6, 6.07) is -0.376. The lowest BCUT2D eigenvalue weighted by atomic mass is 9.85. The highest BCUT2D eigenvalue weighted by Gasteiger charge is 2.45. The quantitative estimate of drug-likeness (QED) is 0.715. The van der Waals surface area contributed by atoms with E-state index >= 15 is 0 Å². The monoisotopic (exact) mass is 284 g/mol. The van der Waals surface area contributed by atoms with E-state index in [2.05, 4.69) is 10.6 Å². The first-order valence-electron chi connectivity index (χ1n) is 6.88. The summed E-state index contributed by atoms with van der Waals surface area (Å²) in [4.78, 5) is 34.8.